The first kappa shape index (κ1) is 10.2. The number of fused-ring (bicyclic) bond motifs is 3. The lowest BCUT2D eigenvalue weighted by Gasteiger charge is -1.97. The van der Waals surface area contributed by atoms with Crippen LogP contribution in [-0.4, -0.2) is 5.78 Å². The van der Waals surface area contributed by atoms with Gasteiger partial charge in [-0.1, -0.05) is 0 Å². The molecule has 3 rings (SSSR count). The highest BCUT2D eigenvalue weighted by Gasteiger charge is 2.35. The van der Waals surface area contributed by atoms with E-state index in [1.165, 1.54) is 26.4 Å². The second kappa shape index (κ2) is 3.05. The first-order valence-electron chi connectivity index (χ1n) is 5.27. The highest BCUT2D eigenvalue weighted by Crippen LogP contribution is 2.49. The third-order valence-electron chi connectivity index (χ3n) is 3.33. The summed E-state index contributed by atoms with van der Waals surface area (Å²) >= 11 is 3.39. The standard InChI is InChI=1S/C13H12OS2/c1-5-6(2)16-13-9(5)10-7(3)15-8(4)11(10)12(13)14/h1-4H3. The molecule has 0 radical (unpaired) electrons. The quantitative estimate of drug-likeness (QED) is 0.581. The van der Waals surface area contributed by atoms with Gasteiger partial charge < -0.3 is 0 Å². The van der Waals surface area contributed by atoms with E-state index in [4.69, 9.17) is 0 Å². The van der Waals surface area contributed by atoms with Gasteiger partial charge in [-0.15, -0.1) is 22.7 Å². The van der Waals surface area contributed by atoms with Crippen LogP contribution in [0.25, 0.3) is 11.1 Å². The van der Waals surface area contributed by atoms with E-state index in [1.54, 1.807) is 22.7 Å². The molecule has 0 aliphatic heterocycles. The molecule has 0 saturated carbocycles. The molecule has 1 aliphatic carbocycles. The number of hydrogen-bond donors (Lipinski definition) is 0. The van der Waals surface area contributed by atoms with Crippen LogP contribution in [-0.2, 0) is 0 Å². The molecule has 0 atom stereocenters. The maximum atomic E-state index is 12.3. The van der Waals surface area contributed by atoms with Crippen molar-refractivity contribution in [2.24, 2.45) is 0 Å². The van der Waals surface area contributed by atoms with Crippen LogP contribution in [0.3, 0.4) is 0 Å². The Hall–Kier alpha value is -0.930. The molecule has 2 aromatic heterocycles. The summed E-state index contributed by atoms with van der Waals surface area (Å²) in [6.07, 6.45) is 0. The van der Waals surface area contributed by atoms with Crippen LogP contribution in [0.2, 0.25) is 0 Å². The zero-order valence-corrected chi connectivity index (χ0v) is 11.4. The Morgan fingerprint density at radius 3 is 2.06 bits per heavy atom. The predicted octanol–water partition coefficient (Wildman–Crippen LogP) is 4.25. The molecule has 0 fully saturated rings. The van der Waals surface area contributed by atoms with Gasteiger partial charge in [0.1, 0.15) is 0 Å². The monoisotopic (exact) mass is 248 g/mol. The summed E-state index contributed by atoms with van der Waals surface area (Å²) < 4.78 is 0. The topological polar surface area (TPSA) is 17.1 Å². The maximum Gasteiger partial charge on any atom is 0.205 e. The molecule has 16 heavy (non-hydrogen) atoms. The Morgan fingerprint density at radius 1 is 0.750 bits per heavy atom. The second-order valence-electron chi connectivity index (χ2n) is 4.28. The Labute approximate surface area is 103 Å². The van der Waals surface area contributed by atoms with E-state index in [0.29, 0.717) is 0 Å². The predicted molar refractivity (Wildman–Crippen MR) is 70.0 cm³/mol. The van der Waals surface area contributed by atoms with Gasteiger partial charge in [-0.05, 0) is 33.3 Å². The molecule has 0 aromatic carbocycles. The van der Waals surface area contributed by atoms with E-state index < -0.39 is 0 Å². The van der Waals surface area contributed by atoms with Crippen molar-refractivity contribution in [3.05, 3.63) is 30.6 Å². The fourth-order valence-corrected chi connectivity index (χ4v) is 4.64. The van der Waals surface area contributed by atoms with Crippen LogP contribution in [0.1, 0.15) is 35.4 Å². The van der Waals surface area contributed by atoms with E-state index in [2.05, 4.69) is 20.8 Å². The molecular formula is C13H12OS2. The van der Waals surface area contributed by atoms with E-state index in [1.807, 2.05) is 6.92 Å². The number of hydrogen-bond acceptors (Lipinski definition) is 3. The first-order valence-corrected chi connectivity index (χ1v) is 6.90. The Balaban J connectivity index is 2.47. The van der Waals surface area contributed by atoms with E-state index in [9.17, 15) is 4.79 Å². The number of rotatable bonds is 0. The molecule has 2 heterocycles. The van der Waals surface area contributed by atoms with E-state index in [-0.39, 0.29) is 5.78 Å². The lowest BCUT2D eigenvalue weighted by Crippen LogP contribution is -1.92. The van der Waals surface area contributed by atoms with Gasteiger partial charge in [0.05, 0.1) is 4.88 Å². The van der Waals surface area contributed by atoms with Gasteiger partial charge in [0.15, 0.2) is 0 Å². The van der Waals surface area contributed by atoms with Crippen LogP contribution in [0, 0.1) is 27.7 Å². The minimum atomic E-state index is 0.244. The highest BCUT2D eigenvalue weighted by atomic mass is 32.1. The van der Waals surface area contributed by atoms with Gasteiger partial charge in [-0.2, -0.15) is 0 Å². The van der Waals surface area contributed by atoms with Gasteiger partial charge in [-0.25, -0.2) is 0 Å². The molecule has 1 nitrogen and oxygen atoms in total. The molecule has 3 heteroatoms. The van der Waals surface area contributed by atoms with Crippen LogP contribution >= 0.6 is 22.7 Å². The molecule has 0 N–H and O–H groups in total. The third-order valence-corrected chi connectivity index (χ3v) is 5.56. The number of aryl methyl sites for hydroxylation is 3. The summed E-state index contributed by atoms with van der Waals surface area (Å²) in [5.74, 6) is 0.244. The van der Waals surface area contributed by atoms with Crippen molar-refractivity contribution >= 4 is 28.5 Å². The second-order valence-corrected chi connectivity index (χ2v) is 6.93. The smallest absolute Gasteiger partial charge is 0.205 e. The molecule has 82 valence electrons. The first-order chi connectivity index (χ1) is 7.52. The molecular weight excluding hydrogens is 236 g/mol. The van der Waals surface area contributed by atoms with Gasteiger partial charge >= 0.3 is 0 Å². The lowest BCUT2D eigenvalue weighted by atomic mass is 10.0. The lowest BCUT2D eigenvalue weighted by molar-refractivity contribution is 0.104. The van der Waals surface area contributed by atoms with Crippen LogP contribution < -0.4 is 0 Å². The minimum Gasteiger partial charge on any atom is -0.288 e. The van der Waals surface area contributed by atoms with Crippen molar-refractivity contribution in [3.8, 4) is 11.1 Å². The Morgan fingerprint density at radius 2 is 1.38 bits per heavy atom. The Bertz CT molecular complexity index is 629. The number of carbonyl (C=O) groups excluding carboxylic acids is 1. The van der Waals surface area contributed by atoms with Crippen LogP contribution in [0.15, 0.2) is 0 Å². The fourth-order valence-electron chi connectivity index (χ4n) is 2.46. The van der Waals surface area contributed by atoms with Crippen molar-refractivity contribution in [1.82, 2.24) is 0 Å². The van der Waals surface area contributed by atoms with Crippen LogP contribution in [0.4, 0.5) is 0 Å². The molecule has 0 spiro atoms. The van der Waals surface area contributed by atoms with Crippen LogP contribution in [0.5, 0.6) is 0 Å². The van der Waals surface area contributed by atoms with Gasteiger partial charge in [0.25, 0.3) is 0 Å². The van der Waals surface area contributed by atoms with Gasteiger partial charge in [0, 0.05) is 31.3 Å². The van der Waals surface area contributed by atoms with Crippen molar-refractivity contribution < 1.29 is 4.79 Å². The van der Waals surface area contributed by atoms with E-state index in [0.717, 1.165) is 15.3 Å². The Kier molecular flexibility index (Phi) is 1.95. The number of carbonyl (C=O) groups is 1. The summed E-state index contributed by atoms with van der Waals surface area (Å²) in [6, 6.07) is 0. The molecule has 0 bridgehead atoms. The minimum absolute atomic E-state index is 0.244. The van der Waals surface area contributed by atoms with E-state index >= 15 is 0 Å². The summed E-state index contributed by atoms with van der Waals surface area (Å²) in [7, 11) is 0. The molecule has 0 unspecified atom stereocenters. The van der Waals surface area contributed by atoms with Gasteiger partial charge in [-0.3, -0.25) is 4.79 Å². The number of ketones is 1. The number of thiophene rings is 2. The summed E-state index contributed by atoms with van der Waals surface area (Å²) in [5, 5.41) is 0. The van der Waals surface area contributed by atoms with Crippen molar-refractivity contribution in [3.63, 3.8) is 0 Å². The fraction of sp³-hybridized carbons (Fsp3) is 0.308. The highest BCUT2D eigenvalue weighted by molar-refractivity contribution is 7.16. The van der Waals surface area contributed by atoms with Crippen molar-refractivity contribution in [1.29, 1.82) is 0 Å². The summed E-state index contributed by atoms with van der Waals surface area (Å²) in [6.45, 7) is 8.39. The normalized spacial score (nSPS) is 13.1. The molecule has 1 aliphatic rings. The summed E-state index contributed by atoms with van der Waals surface area (Å²) in [4.78, 5) is 17.0. The molecule has 0 saturated heterocycles. The average molecular weight is 248 g/mol. The average Bonchev–Trinajstić information content (AvgIpc) is 2.75. The maximum absolute atomic E-state index is 12.3. The largest absolute Gasteiger partial charge is 0.288 e. The molecule has 2 aromatic rings. The van der Waals surface area contributed by atoms with Crippen molar-refractivity contribution in [2.45, 2.75) is 27.7 Å². The zero-order chi connectivity index (χ0) is 11.6. The molecule has 0 amide bonds. The van der Waals surface area contributed by atoms with Gasteiger partial charge in [0.2, 0.25) is 5.78 Å². The third kappa shape index (κ3) is 1.03. The SMILES string of the molecule is Cc1sc2c(c1C)-c1c(C)sc(C)c1C2=O. The summed E-state index contributed by atoms with van der Waals surface area (Å²) in [5.41, 5.74) is 4.67. The zero-order valence-electron chi connectivity index (χ0n) is 9.72. The van der Waals surface area contributed by atoms with Crippen molar-refractivity contribution in [2.75, 3.05) is 0 Å².